The molecule has 0 aliphatic carbocycles. The van der Waals surface area contributed by atoms with Gasteiger partial charge in [-0.2, -0.15) is 0 Å². The lowest BCUT2D eigenvalue weighted by Gasteiger charge is -2.49. The fraction of sp³-hybridized carbons (Fsp3) is 0.375. The van der Waals surface area contributed by atoms with Gasteiger partial charge < -0.3 is 25.7 Å². The van der Waals surface area contributed by atoms with E-state index < -0.39 is 42.0 Å². The Bertz CT molecular complexity index is 995. The Morgan fingerprint density at radius 1 is 1.48 bits per heavy atom. The number of nitrogens with two attached hydrogens (primary N) is 1. The summed E-state index contributed by atoms with van der Waals surface area (Å²) < 4.78 is 17.2. The van der Waals surface area contributed by atoms with Gasteiger partial charge in [0, 0.05) is 23.6 Å². The first-order valence-corrected chi connectivity index (χ1v) is 10.5. The van der Waals surface area contributed by atoms with E-state index in [4.69, 9.17) is 10.5 Å². The van der Waals surface area contributed by atoms with Crippen molar-refractivity contribution in [1.82, 2.24) is 15.2 Å². The summed E-state index contributed by atoms with van der Waals surface area (Å²) in [5, 5.41) is 16.2. The number of oxime groups is 1. The summed E-state index contributed by atoms with van der Waals surface area (Å²) in [5.74, 6) is -3.32. The number of carboxylic acids is 1. The molecule has 2 aliphatic heterocycles. The van der Waals surface area contributed by atoms with Gasteiger partial charge in [0.2, 0.25) is 0 Å². The first kappa shape index (κ1) is 22.5. The average Bonchev–Trinajstić information content (AvgIpc) is 3.15. The van der Waals surface area contributed by atoms with Crippen LogP contribution in [0.4, 0.5) is 9.52 Å². The number of fused-ring (bicyclic) bond motifs is 1. The van der Waals surface area contributed by atoms with Gasteiger partial charge in [0.05, 0.1) is 0 Å². The first-order chi connectivity index (χ1) is 14.7. The maximum absolute atomic E-state index is 12.7. The van der Waals surface area contributed by atoms with Gasteiger partial charge in [-0.3, -0.25) is 19.3 Å². The van der Waals surface area contributed by atoms with Crippen LogP contribution in [0.2, 0.25) is 0 Å². The highest BCUT2D eigenvalue weighted by molar-refractivity contribution is 8.00. The van der Waals surface area contributed by atoms with E-state index in [1.165, 1.54) is 24.1 Å². The van der Waals surface area contributed by atoms with Crippen LogP contribution in [-0.4, -0.2) is 75.1 Å². The molecule has 3 rings (SSSR count). The number of hydrogen-bond donors (Lipinski definition) is 3. The number of alkyl halides is 1. The van der Waals surface area contributed by atoms with Crippen molar-refractivity contribution in [1.29, 1.82) is 0 Å². The van der Waals surface area contributed by atoms with E-state index in [1.807, 2.05) is 0 Å². The van der Waals surface area contributed by atoms with Gasteiger partial charge >= 0.3 is 11.9 Å². The van der Waals surface area contributed by atoms with Gasteiger partial charge in [0.1, 0.15) is 29.4 Å². The minimum atomic E-state index is -1.36. The molecule has 15 heteroatoms. The minimum Gasteiger partial charge on any atom is -0.477 e. The Morgan fingerprint density at radius 2 is 2.23 bits per heavy atom. The lowest BCUT2D eigenvalue weighted by molar-refractivity contribution is -0.150. The number of hydrogen-bond acceptors (Lipinski definition) is 11. The molecule has 0 radical (unpaired) electrons. The number of rotatable bonds is 8. The second-order valence-electron chi connectivity index (χ2n) is 6.15. The molecule has 1 saturated heterocycles. The highest BCUT2D eigenvalue weighted by Crippen LogP contribution is 2.40. The second kappa shape index (κ2) is 9.30. The number of carbonyl (C=O) groups excluding carboxylic acids is 3. The maximum Gasteiger partial charge on any atom is 0.352 e. The molecule has 0 saturated carbocycles. The molecule has 0 aromatic carbocycles. The van der Waals surface area contributed by atoms with Crippen LogP contribution < -0.4 is 11.1 Å². The summed E-state index contributed by atoms with van der Waals surface area (Å²) in [6, 6.07) is -1.06. The average molecular weight is 473 g/mol. The molecule has 1 fully saturated rings. The Labute approximate surface area is 182 Å². The quantitative estimate of drug-likeness (QED) is 0.196. The SMILES string of the molecule is CC(=O)OCC1=C(C(=O)O)N2C(=O)[C@@H](NC(=O)/C(=N\OCF)c3csc(N)n3)[C@@H]2SC1. The fourth-order valence-electron chi connectivity index (χ4n) is 2.88. The van der Waals surface area contributed by atoms with Crippen molar-refractivity contribution in [3.8, 4) is 0 Å². The number of aromatic nitrogens is 1. The first-order valence-electron chi connectivity index (χ1n) is 8.56. The number of amides is 2. The number of β-lactam (4-membered cyclic amide) rings is 1. The van der Waals surface area contributed by atoms with Crippen LogP contribution in [0, 0.1) is 0 Å². The van der Waals surface area contributed by atoms with Crippen molar-refractivity contribution in [2.75, 3.05) is 25.0 Å². The van der Waals surface area contributed by atoms with Crippen molar-refractivity contribution >= 4 is 57.7 Å². The number of thioether (sulfide) groups is 1. The van der Waals surface area contributed by atoms with Gasteiger partial charge in [-0.15, -0.1) is 23.1 Å². The van der Waals surface area contributed by atoms with E-state index in [2.05, 4.69) is 20.3 Å². The number of aliphatic carboxylic acids is 1. The van der Waals surface area contributed by atoms with Crippen molar-refractivity contribution < 1.29 is 38.2 Å². The van der Waals surface area contributed by atoms with Crippen molar-refractivity contribution in [2.24, 2.45) is 5.16 Å². The largest absolute Gasteiger partial charge is 0.477 e. The molecule has 0 unspecified atom stereocenters. The van der Waals surface area contributed by atoms with Crippen LogP contribution in [0.5, 0.6) is 0 Å². The molecule has 3 heterocycles. The predicted octanol–water partition coefficient (Wildman–Crippen LogP) is -0.325. The summed E-state index contributed by atoms with van der Waals surface area (Å²) in [5.41, 5.74) is 5.16. The highest BCUT2D eigenvalue weighted by atomic mass is 32.2. The third-order valence-electron chi connectivity index (χ3n) is 4.17. The molecule has 2 amide bonds. The summed E-state index contributed by atoms with van der Waals surface area (Å²) >= 11 is 2.21. The zero-order chi connectivity index (χ0) is 22.7. The van der Waals surface area contributed by atoms with Gasteiger partial charge in [-0.25, -0.2) is 14.2 Å². The minimum absolute atomic E-state index is 0.0307. The van der Waals surface area contributed by atoms with E-state index in [9.17, 15) is 28.7 Å². The number of nitrogens with zero attached hydrogens (tertiary/aromatic N) is 3. The van der Waals surface area contributed by atoms with E-state index >= 15 is 0 Å². The lowest BCUT2D eigenvalue weighted by atomic mass is 10.0. The monoisotopic (exact) mass is 473 g/mol. The third kappa shape index (κ3) is 4.61. The molecule has 1 aromatic heterocycles. The van der Waals surface area contributed by atoms with E-state index in [1.54, 1.807) is 0 Å². The predicted molar refractivity (Wildman–Crippen MR) is 106 cm³/mol. The Kier molecular flexibility index (Phi) is 6.74. The number of thiazole rings is 1. The van der Waals surface area contributed by atoms with Crippen LogP contribution in [0.1, 0.15) is 12.6 Å². The lowest BCUT2D eigenvalue weighted by Crippen LogP contribution is -2.71. The molecule has 2 aliphatic rings. The molecule has 1 aromatic rings. The van der Waals surface area contributed by atoms with Gasteiger partial charge in [-0.1, -0.05) is 5.16 Å². The summed E-state index contributed by atoms with van der Waals surface area (Å²) in [4.78, 5) is 57.3. The normalized spacial score (nSPS) is 20.6. The number of ether oxygens (including phenoxy) is 1. The number of halogens is 1. The molecule has 166 valence electrons. The number of anilines is 1. The standard InChI is InChI=1S/C16H16FN5O7S2/c1-6(23)28-2-7-3-30-14-10(13(25)22(14)11(7)15(26)27)20-12(24)9(21-29-5-17)8-4-31-16(18)19-8/h4,10,14H,2-3,5H2,1H3,(H2,18,19)(H,20,24)(H,26,27)/b21-9-/t10-,14+/m1/s1. The molecule has 4 N–H and O–H groups in total. The maximum atomic E-state index is 12.7. The van der Waals surface area contributed by atoms with Gasteiger partial charge in [-0.05, 0) is 0 Å². The molecule has 0 spiro atoms. The zero-order valence-electron chi connectivity index (χ0n) is 15.9. The van der Waals surface area contributed by atoms with Crippen molar-refractivity contribution in [3.05, 3.63) is 22.3 Å². The van der Waals surface area contributed by atoms with Gasteiger partial charge in [0.15, 0.2) is 10.8 Å². The van der Waals surface area contributed by atoms with Crippen LogP contribution in [0.25, 0.3) is 0 Å². The highest BCUT2D eigenvalue weighted by Gasteiger charge is 2.54. The Morgan fingerprint density at radius 3 is 2.81 bits per heavy atom. The van der Waals surface area contributed by atoms with Crippen LogP contribution >= 0.6 is 23.1 Å². The summed E-state index contributed by atoms with van der Waals surface area (Å²) in [6.07, 6.45) is 0. The van der Waals surface area contributed by atoms with Crippen LogP contribution in [0.3, 0.4) is 0 Å². The molecular weight excluding hydrogens is 457 g/mol. The fourth-order valence-corrected chi connectivity index (χ4v) is 4.76. The number of nitrogen functional groups attached to an aromatic ring is 1. The number of carbonyl (C=O) groups is 4. The van der Waals surface area contributed by atoms with Gasteiger partial charge in [0.25, 0.3) is 18.7 Å². The van der Waals surface area contributed by atoms with E-state index in [-0.39, 0.29) is 40.2 Å². The smallest absolute Gasteiger partial charge is 0.352 e. The third-order valence-corrected chi connectivity index (χ3v) is 6.18. The number of nitrogens with one attached hydrogen (secondary N) is 1. The molecule has 2 atom stereocenters. The Hall–Kier alpha value is -3.20. The summed E-state index contributed by atoms with van der Waals surface area (Å²) in [7, 11) is 0. The zero-order valence-corrected chi connectivity index (χ0v) is 17.5. The van der Waals surface area contributed by atoms with E-state index in [0.29, 0.717) is 0 Å². The molecule has 31 heavy (non-hydrogen) atoms. The topological polar surface area (TPSA) is 174 Å². The van der Waals surface area contributed by atoms with Crippen LogP contribution in [0.15, 0.2) is 21.8 Å². The second-order valence-corrected chi connectivity index (χ2v) is 8.14. The summed E-state index contributed by atoms with van der Waals surface area (Å²) in [6.45, 7) is -0.370. The van der Waals surface area contributed by atoms with Crippen LogP contribution in [-0.2, 0) is 28.8 Å². The van der Waals surface area contributed by atoms with Crippen molar-refractivity contribution in [2.45, 2.75) is 18.3 Å². The number of carboxylic acid groups (broad SMARTS) is 1. The molecule has 0 bridgehead atoms. The molecule has 12 nitrogen and oxygen atoms in total. The number of esters is 1. The van der Waals surface area contributed by atoms with Crippen molar-refractivity contribution in [3.63, 3.8) is 0 Å². The molecular formula is C16H16FN5O7S2. The Balaban J connectivity index is 1.78. The van der Waals surface area contributed by atoms with E-state index in [0.717, 1.165) is 16.2 Å².